The number of benzene rings is 1. The SMILES string of the molecule is CCCOc1ccc2c(c1)CCN(C(=O)C(C)C1CCOCC1)C2. The fourth-order valence-corrected chi connectivity index (χ4v) is 3.73. The number of fused-ring (bicyclic) bond motifs is 1. The van der Waals surface area contributed by atoms with Crippen LogP contribution >= 0.6 is 0 Å². The van der Waals surface area contributed by atoms with E-state index in [1.807, 2.05) is 11.0 Å². The molecule has 1 fully saturated rings. The number of hydrogen-bond donors (Lipinski definition) is 0. The molecule has 132 valence electrons. The van der Waals surface area contributed by atoms with Crippen LogP contribution in [0.1, 0.15) is 44.2 Å². The molecule has 4 nitrogen and oxygen atoms in total. The van der Waals surface area contributed by atoms with Crippen LogP contribution in [0.5, 0.6) is 5.75 Å². The van der Waals surface area contributed by atoms with E-state index in [1.165, 1.54) is 11.1 Å². The van der Waals surface area contributed by atoms with Crippen molar-refractivity contribution in [3.63, 3.8) is 0 Å². The summed E-state index contributed by atoms with van der Waals surface area (Å²) >= 11 is 0. The summed E-state index contributed by atoms with van der Waals surface area (Å²) in [5.74, 6) is 1.82. The van der Waals surface area contributed by atoms with Crippen LogP contribution in [0.2, 0.25) is 0 Å². The van der Waals surface area contributed by atoms with Gasteiger partial charge in [0.15, 0.2) is 0 Å². The highest BCUT2D eigenvalue weighted by Crippen LogP contribution is 2.29. The molecular weight excluding hydrogens is 302 g/mol. The maximum atomic E-state index is 12.9. The molecule has 0 spiro atoms. The van der Waals surface area contributed by atoms with Gasteiger partial charge in [0.25, 0.3) is 0 Å². The van der Waals surface area contributed by atoms with E-state index in [4.69, 9.17) is 9.47 Å². The van der Waals surface area contributed by atoms with Gasteiger partial charge in [0.2, 0.25) is 5.91 Å². The third-order valence-electron chi connectivity index (χ3n) is 5.34. The largest absolute Gasteiger partial charge is 0.494 e. The van der Waals surface area contributed by atoms with Crippen LogP contribution in [0.25, 0.3) is 0 Å². The molecule has 2 heterocycles. The van der Waals surface area contributed by atoms with Gasteiger partial charge in [0.1, 0.15) is 5.75 Å². The third kappa shape index (κ3) is 3.92. The highest BCUT2D eigenvalue weighted by atomic mass is 16.5. The van der Waals surface area contributed by atoms with Gasteiger partial charge >= 0.3 is 0 Å². The average molecular weight is 331 g/mol. The van der Waals surface area contributed by atoms with E-state index >= 15 is 0 Å². The molecular formula is C20H29NO3. The average Bonchev–Trinajstić information content (AvgIpc) is 2.65. The molecule has 0 bridgehead atoms. The maximum Gasteiger partial charge on any atom is 0.225 e. The zero-order chi connectivity index (χ0) is 16.9. The molecule has 0 aromatic heterocycles. The minimum absolute atomic E-state index is 0.0996. The van der Waals surface area contributed by atoms with E-state index in [2.05, 4.69) is 26.0 Å². The van der Waals surface area contributed by atoms with E-state index in [-0.39, 0.29) is 5.92 Å². The first-order chi connectivity index (χ1) is 11.7. The zero-order valence-electron chi connectivity index (χ0n) is 14.9. The summed E-state index contributed by atoms with van der Waals surface area (Å²) in [6, 6.07) is 6.30. The Morgan fingerprint density at radius 1 is 1.33 bits per heavy atom. The van der Waals surface area contributed by atoms with Crippen molar-refractivity contribution in [1.29, 1.82) is 0 Å². The molecule has 4 heteroatoms. The quantitative estimate of drug-likeness (QED) is 0.830. The Labute approximate surface area is 145 Å². The van der Waals surface area contributed by atoms with Gasteiger partial charge in [-0.25, -0.2) is 0 Å². The second-order valence-corrected chi connectivity index (χ2v) is 7.03. The highest BCUT2D eigenvalue weighted by molar-refractivity contribution is 5.79. The minimum atomic E-state index is 0.0996. The lowest BCUT2D eigenvalue weighted by Crippen LogP contribution is -2.42. The number of rotatable bonds is 5. The molecule has 1 atom stereocenters. The van der Waals surface area contributed by atoms with Crippen LogP contribution in [-0.4, -0.2) is 37.2 Å². The molecule has 1 unspecified atom stereocenters. The molecule has 2 aliphatic heterocycles. The maximum absolute atomic E-state index is 12.9. The van der Waals surface area contributed by atoms with E-state index < -0.39 is 0 Å². The number of hydrogen-bond acceptors (Lipinski definition) is 3. The predicted molar refractivity (Wildman–Crippen MR) is 94.1 cm³/mol. The second-order valence-electron chi connectivity index (χ2n) is 7.03. The number of carbonyl (C=O) groups excluding carboxylic acids is 1. The van der Waals surface area contributed by atoms with E-state index in [9.17, 15) is 4.79 Å². The first kappa shape index (κ1) is 17.3. The number of amides is 1. The van der Waals surface area contributed by atoms with E-state index in [1.54, 1.807) is 0 Å². The van der Waals surface area contributed by atoms with Crippen LogP contribution in [-0.2, 0) is 22.5 Å². The van der Waals surface area contributed by atoms with Crippen molar-refractivity contribution in [2.24, 2.45) is 11.8 Å². The topological polar surface area (TPSA) is 38.8 Å². The predicted octanol–water partition coefficient (Wildman–Crippen LogP) is 3.42. The summed E-state index contributed by atoms with van der Waals surface area (Å²) < 4.78 is 11.1. The van der Waals surface area contributed by atoms with Crippen LogP contribution in [0.3, 0.4) is 0 Å². The van der Waals surface area contributed by atoms with Crippen LogP contribution in [0.15, 0.2) is 18.2 Å². The Bertz CT molecular complexity index is 566. The van der Waals surface area contributed by atoms with E-state index in [0.717, 1.165) is 64.3 Å². The summed E-state index contributed by atoms with van der Waals surface area (Å²) in [5, 5.41) is 0. The fourth-order valence-electron chi connectivity index (χ4n) is 3.73. The Kier molecular flexibility index (Phi) is 5.77. The van der Waals surface area contributed by atoms with Gasteiger partial charge in [-0.2, -0.15) is 0 Å². The molecule has 0 radical (unpaired) electrons. The van der Waals surface area contributed by atoms with Crippen molar-refractivity contribution in [3.8, 4) is 5.75 Å². The lowest BCUT2D eigenvalue weighted by atomic mass is 9.86. The lowest BCUT2D eigenvalue weighted by Gasteiger charge is -2.34. The molecule has 0 saturated carbocycles. The Hall–Kier alpha value is -1.55. The first-order valence-electron chi connectivity index (χ1n) is 9.30. The number of ether oxygens (including phenoxy) is 2. The van der Waals surface area contributed by atoms with Gasteiger partial charge in [-0.15, -0.1) is 0 Å². The van der Waals surface area contributed by atoms with E-state index in [0.29, 0.717) is 11.8 Å². The summed E-state index contributed by atoms with van der Waals surface area (Å²) in [7, 11) is 0. The number of carbonyl (C=O) groups is 1. The summed E-state index contributed by atoms with van der Waals surface area (Å²) in [4.78, 5) is 14.9. The summed E-state index contributed by atoms with van der Waals surface area (Å²) in [5.41, 5.74) is 2.59. The van der Waals surface area contributed by atoms with Crippen molar-refractivity contribution < 1.29 is 14.3 Å². The van der Waals surface area contributed by atoms with Crippen LogP contribution < -0.4 is 4.74 Å². The molecule has 1 amide bonds. The first-order valence-corrected chi connectivity index (χ1v) is 9.30. The molecule has 3 rings (SSSR count). The van der Waals surface area contributed by atoms with Gasteiger partial charge in [-0.3, -0.25) is 4.79 Å². The normalized spacial score (nSPS) is 19.7. The van der Waals surface area contributed by atoms with Crippen molar-refractivity contribution in [1.82, 2.24) is 4.90 Å². The van der Waals surface area contributed by atoms with Gasteiger partial charge < -0.3 is 14.4 Å². The van der Waals surface area contributed by atoms with Crippen LogP contribution in [0.4, 0.5) is 0 Å². The number of nitrogens with zero attached hydrogens (tertiary/aromatic N) is 1. The molecule has 1 saturated heterocycles. The fraction of sp³-hybridized carbons (Fsp3) is 0.650. The highest BCUT2D eigenvalue weighted by Gasteiger charge is 2.30. The van der Waals surface area contributed by atoms with Crippen molar-refractivity contribution in [2.75, 3.05) is 26.4 Å². The van der Waals surface area contributed by atoms with Gasteiger partial charge in [0.05, 0.1) is 6.61 Å². The summed E-state index contributed by atoms with van der Waals surface area (Å²) in [6.45, 7) is 8.10. The molecule has 1 aromatic carbocycles. The van der Waals surface area contributed by atoms with Gasteiger partial charge in [-0.05, 0) is 54.9 Å². The lowest BCUT2D eigenvalue weighted by molar-refractivity contribution is -0.138. The monoisotopic (exact) mass is 331 g/mol. The summed E-state index contributed by atoms with van der Waals surface area (Å²) in [6.07, 6.45) is 3.96. The van der Waals surface area contributed by atoms with Gasteiger partial charge in [-0.1, -0.05) is 19.9 Å². The molecule has 24 heavy (non-hydrogen) atoms. The smallest absolute Gasteiger partial charge is 0.225 e. The Morgan fingerprint density at radius 2 is 2.12 bits per heavy atom. The van der Waals surface area contributed by atoms with Crippen molar-refractivity contribution in [3.05, 3.63) is 29.3 Å². The second kappa shape index (κ2) is 8.02. The molecule has 1 aromatic rings. The molecule has 2 aliphatic rings. The Morgan fingerprint density at radius 3 is 2.88 bits per heavy atom. The van der Waals surface area contributed by atoms with Crippen LogP contribution in [0, 0.1) is 11.8 Å². The standard InChI is InChI=1S/C20H29NO3/c1-3-10-24-19-5-4-18-14-21(9-6-17(18)13-19)20(22)15(2)16-7-11-23-12-8-16/h4-5,13,15-16H,3,6-12,14H2,1-2H3. The van der Waals surface area contributed by atoms with Crippen molar-refractivity contribution >= 4 is 5.91 Å². The van der Waals surface area contributed by atoms with Gasteiger partial charge in [0, 0.05) is 32.2 Å². The third-order valence-corrected chi connectivity index (χ3v) is 5.34. The Balaban J connectivity index is 1.62. The zero-order valence-corrected chi connectivity index (χ0v) is 14.9. The molecule has 0 aliphatic carbocycles. The minimum Gasteiger partial charge on any atom is -0.494 e. The molecule has 0 N–H and O–H groups in total. The van der Waals surface area contributed by atoms with Crippen molar-refractivity contribution in [2.45, 2.75) is 46.1 Å².